The molecule has 0 saturated carbocycles. The Morgan fingerprint density at radius 3 is 2.40 bits per heavy atom. The molecule has 0 spiro atoms. The number of likely N-dealkylation sites (tertiary alicyclic amines) is 1. The number of amides is 1. The van der Waals surface area contributed by atoms with Crippen molar-refractivity contribution >= 4 is 29.3 Å². The SMILES string of the molecule is CC(C)(C)OC(=O)N1CCC(c2nc(Cl)c(Cl)[nH]2)CC1. The summed E-state index contributed by atoms with van der Waals surface area (Å²) in [6.45, 7) is 6.89. The van der Waals surface area contributed by atoms with E-state index in [1.54, 1.807) is 4.90 Å². The lowest BCUT2D eigenvalue weighted by Gasteiger charge is -2.32. The van der Waals surface area contributed by atoms with Gasteiger partial charge in [0.25, 0.3) is 0 Å². The van der Waals surface area contributed by atoms with Crippen LogP contribution in [0.4, 0.5) is 4.79 Å². The summed E-state index contributed by atoms with van der Waals surface area (Å²) < 4.78 is 5.36. The summed E-state index contributed by atoms with van der Waals surface area (Å²) >= 11 is 11.7. The summed E-state index contributed by atoms with van der Waals surface area (Å²) in [7, 11) is 0. The average Bonchev–Trinajstić information content (AvgIpc) is 2.68. The number of hydrogen-bond acceptors (Lipinski definition) is 3. The van der Waals surface area contributed by atoms with Crippen LogP contribution in [0.3, 0.4) is 0 Å². The van der Waals surface area contributed by atoms with E-state index in [4.69, 9.17) is 27.9 Å². The lowest BCUT2D eigenvalue weighted by molar-refractivity contribution is 0.0203. The molecule has 2 rings (SSSR count). The first-order chi connectivity index (χ1) is 9.26. The van der Waals surface area contributed by atoms with Crippen molar-refractivity contribution < 1.29 is 9.53 Å². The number of halogens is 2. The van der Waals surface area contributed by atoms with Crippen LogP contribution in [0, 0.1) is 0 Å². The molecular formula is C13H19Cl2N3O2. The number of rotatable bonds is 1. The molecular weight excluding hydrogens is 301 g/mol. The lowest BCUT2D eigenvalue weighted by Crippen LogP contribution is -2.41. The average molecular weight is 320 g/mol. The van der Waals surface area contributed by atoms with Crippen molar-refractivity contribution in [1.82, 2.24) is 14.9 Å². The van der Waals surface area contributed by atoms with Crippen molar-refractivity contribution in [3.63, 3.8) is 0 Å². The number of nitrogens with one attached hydrogen (secondary N) is 1. The Bertz CT molecular complexity index is 469. The number of ether oxygens (including phenoxy) is 1. The largest absolute Gasteiger partial charge is 0.444 e. The number of piperidine rings is 1. The molecule has 2 heterocycles. The summed E-state index contributed by atoms with van der Waals surface area (Å²) in [6, 6.07) is 0. The Balaban J connectivity index is 1.91. The molecule has 1 aliphatic rings. The molecule has 1 aliphatic heterocycles. The zero-order valence-electron chi connectivity index (χ0n) is 11.9. The second-order valence-corrected chi connectivity index (χ2v) is 6.70. The highest BCUT2D eigenvalue weighted by Crippen LogP contribution is 2.30. The first-order valence-electron chi connectivity index (χ1n) is 6.65. The van der Waals surface area contributed by atoms with Crippen molar-refractivity contribution in [2.45, 2.75) is 45.1 Å². The number of aromatic amines is 1. The summed E-state index contributed by atoms with van der Waals surface area (Å²) in [5.74, 6) is 1.04. The monoisotopic (exact) mass is 319 g/mol. The van der Waals surface area contributed by atoms with E-state index in [0.717, 1.165) is 18.7 Å². The fourth-order valence-corrected chi connectivity index (χ4v) is 2.48. The Kier molecular flexibility index (Phi) is 4.49. The molecule has 0 radical (unpaired) electrons. The molecule has 0 aliphatic carbocycles. The second kappa shape index (κ2) is 5.82. The number of imidazole rings is 1. The number of aromatic nitrogens is 2. The van der Waals surface area contributed by atoms with Gasteiger partial charge in [0.05, 0.1) is 0 Å². The maximum Gasteiger partial charge on any atom is 0.410 e. The van der Waals surface area contributed by atoms with Crippen LogP contribution < -0.4 is 0 Å². The summed E-state index contributed by atoms with van der Waals surface area (Å²) in [5.41, 5.74) is -0.462. The molecule has 112 valence electrons. The molecule has 1 aromatic rings. The third kappa shape index (κ3) is 3.79. The second-order valence-electron chi connectivity index (χ2n) is 5.97. The van der Waals surface area contributed by atoms with Crippen molar-refractivity contribution in [3.05, 3.63) is 16.1 Å². The Morgan fingerprint density at radius 2 is 1.95 bits per heavy atom. The smallest absolute Gasteiger partial charge is 0.410 e. The van der Waals surface area contributed by atoms with E-state index in [1.807, 2.05) is 20.8 Å². The third-order valence-electron chi connectivity index (χ3n) is 3.17. The Morgan fingerprint density at radius 1 is 1.35 bits per heavy atom. The van der Waals surface area contributed by atoms with Gasteiger partial charge in [-0.1, -0.05) is 23.2 Å². The molecule has 7 heteroatoms. The fraction of sp³-hybridized carbons (Fsp3) is 0.692. The van der Waals surface area contributed by atoms with E-state index in [1.165, 1.54) is 0 Å². The minimum absolute atomic E-state index is 0.249. The van der Waals surface area contributed by atoms with E-state index >= 15 is 0 Å². The maximum atomic E-state index is 12.0. The molecule has 5 nitrogen and oxygen atoms in total. The minimum atomic E-state index is -0.462. The van der Waals surface area contributed by atoms with E-state index in [2.05, 4.69) is 9.97 Å². The van der Waals surface area contributed by atoms with Gasteiger partial charge in [-0.25, -0.2) is 9.78 Å². The van der Waals surface area contributed by atoms with E-state index in [9.17, 15) is 4.79 Å². The predicted octanol–water partition coefficient (Wildman–Crippen LogP) is 3.83. The number of hydrogen-bond donors (Lipinski definition) is 1. The topological polar surface area (TPSA) is 58.2 Å². The molecule has 0 unspecified atom stereocenters. The van der Waals surface area contributed by atoms with E-state index in [0.29, 0.717) is 23.4 Å². The normalized spacial score (nSPS) is 17.4. The summed E-state index contributed by atoms with van der Waals surface area (Å²) in [5, 5.41) is 0.674. The first kappa shape index (κ1) is 15.4. The van der Waals surface area contributed by atoms with Gasteiger partial charge in [-0.15, -0.1) is 0 Å². The number of carbonyl (C=O) groups excluding carboxylic acids is 1. The highest BCUT2D eigenvalue weighted by molar-refractivity contribution is 6.40. The van der Waals surface area contributed by atoms with Crippen LogP contribution in [-0.4, -0.2) is 39.7 Å². The molecule has 20 heavy (non-hydrogen) atoms. The molecule has 0 atom stereocenters. The van der Waals surface area contributed by atoms with Crippen LogP contribution >= 0.6 is 23.2 Å². The quantitative estimate of drug-likeness (QED) is 0.855. The van der Waals surface area contributed by atoms with Crippen molar-refractivity contribution in [2.24, 2.45) is 0 Å². The predicted molar refractivity (Wildman–Crippen MR) is 78.4 cm³/mol. The van der Waals surface area contributed by atoms with Gasteiger partial charge in [0.2, 0.25) is 0 Å². The van der Waals surface area contributed by atoms with Crippen LogP contribution in [0.2, 0.25) is 10.3 Å². The zero-order chi connectivity index (χ0) is 14.9. The van der Waals surface area contributed by atoms with Crippen LogP contribution in [0.25, 0.3) is 0 Å². The van der Waals surface area contributed by atoms with E-state index in [-0.39, 0.29) is 12.0 Å². The highest BCUT2D eigenvalue weighted by atomic mass is 35.5. The van der Waals surface area contributed by atoms with Gasteiger partial charge >= 0.3 is 6.09 Å². The van der Waals surface area contributed by atoms with Crippen molar-refractivity contribution in [2.75, 3.05) is 13.1 Å². The maximum absolute atomic E-state index is 12.0. The van der Waals surface area contributed by atoms with Crippen molar-refractivity contribution in [1.29, 1.82) is 0 Å². The Labute approximate surface area is 128 Å². The van der Waals surface area contributed by atoms with Gasteiger partial charge in [-0.3, -0.25) is 0 Å². The van der Waals surface area contributed by atoms with Gasteiger partial charge in [-0.05, 0) is 33.6 Å². The molecule has 1 aromatic heterocycles. The van der Waals surface area contributed by atoms with Crippen LogP contribution in [0.5, 0.6) is 0 Å². The third-order valence-corrected chi connectivity index (χ3v) is 3.81. The summed E-state index contributed by atoms with van der Waals surface area (Å²) in [4.78, 5) is 20.9. The van der Waals surface area contributed by atoms with Crippen molar-refractivity contribution in [3.8, 4) is 0 Å². The fourth-order valence-electron chi connectivity index (χ4n) is 2.20. The molecule has 1 N–H and O–H groups in total. The molecule has 1 saturated heterocycles. The van der Waals surface area contributed by atoms with Gasteiger partial charge in [0.15, 0.2) is 5.15 Å². The van der Waals surface area contributed by atoms with Crippen LogP contribution in [0.15, 0.2) is 0 Å². The number of nitrogens with zero attached hydrogens (tertiary/aromatic N) is 2. The highest BCUT2D eigenvalue weighted by Gasteiger charge is 2.28. The zero-order valence-corrected chi connectivity index (χ0v) is 13.4. The standard InChI is InChI=1S/C13H19Cl2N3O2/c1-13(2,3)20-12(19)18-6-4-8(5-7-18)11-16-9(14)10(15)17-11/h8H,4-7H2,1-3H3,(H,16,17). The summed E-state index contributed by atoms with van der Waals surface area (Å²) in [6.07, 6.45) is 1.38. The van der Waals surface area contributed by atoms with Crippen LogP contribution in [0.1, 0.15) is 45.4 Å². The molecule has 1 amide bonds. The van der Waals surface area contributed by atoms with Gasteiger partial charge in [0, 0.05) is 19.0 Å². The molecule has 0 aromatic carbocycles. The minimum Gasteiger partial charge on any atom is -0.444 e. The van der Waals surface area contributed by atoms with Crippen LogP contribution in [-0.2, 0) is 4.74 Å². The van der Waals surface area contributed by atoms with Gasteiger partial charge < -0.3 is 14.6 Å². The Hall–Kier alpha value is -0.940. The van der Waals surface area contributed by atoms with Gasteiger partial charge in [0.1, 0.15) is 16.6 Å². The molecule has 1 fully saturated rings. The molecule has 0 bridgehead atoms. The van der Waals surface area contributed by atoms with E-state index < -0.39 is 5.60 Å². The van der Waals surface area contributed by atoms with Gasteiger partial charge in [-0.2, -0.15) is 0 Å². The first-order valence-corrected chi connectivity index (χ1v) is 7.40. The number of H-pyrrole nitrogens is 1. The number of carbonyl (C=O) groups is 1. The lowest BCUT2D eigenvalue weighted by atomic mass is 9.96.